The van der Waals surface area contributed by atoms with Gasteiger partial charge >= 0.3 is 6.16 Å². The molecule has 9 nitrogen and oxygen atoms in total. The lowest BCUT2D eigenvalue weighted by molar-refractivity contribution is -0.125. The van der Waals surface area contributed by atoms with E-state index in [1.807, 2.05) is 0 Å². The monoisotopic (exact) mass is 407 g/mol. The van der Waals surface area contributed by atoms with Crippen molar-refractivity contribution in [2.24, 2.45) is 5.92 Å². The Labute approximate surface area is 164 Å². The third-order valence-electron chi connectivity index (χ3n) is 5.26. The molecule has 4 rings (SSSR count). The number of aromatic nitrogens is 3. The van der Waals surface area contributed by atoms with Crippen molar-refractivity contribution in [2.45, 2.75) is 43.3 Å². The normalized spacial score (nSPS) is 26.0. The highest BCUT2D eigenvalue weighted by Gasteiger charge is 2.46. The molecule has 11 heteroatoms. The minimum Gasteiger partial charge on any atom is -0.434 e. The molecule has 2 fully saturated rings. The Morgan fingerprint density at radius 2 is 2.14 bits per heavy atom. The van der Waals surface area contributed by atoms with Gasteiger partial charge in [-0.05, 0) is 25.0 Å². The molecule has 154 valence electrons. The van der Waals surface area contributed by atoms with Gasteiger partial charge in [-0.1, -0.05) is 0 Å². The van der Waals surface area contributed by atoms with Crippen LogP contribution >= 0.6 is 0 Å². The maximum absolute atomic E-state index is 12.8. The second-order valence-corrected chi connectivity index (χ2v) is 7.38. The zero-order valence-corrected chi connectivity index (χ0v) is 15.4. The SMILES string of the molecule is N#C[C@]1(c2ccc3c(N)ncnn23)CC[C@@H](COC(=O)OCC2CC(F)(F)C2)O1. The predicted octanol–water partition coefficient (Wildman–Crippen LogP) is 2.41. The van der Waals surface area contributed by atoms with Crippen molar-refractivity contribution < 1.29 is 27.8 Å². The first-order valence-corrected chi connectivity index (χ1v) is 9.17. The molecule has 1 saturated heterocycles. The van der Waals surface area contributed by atoms with Gasteiger partial charge in [-0.15, -0.1) is 0 Å². The fourth-order valence-electron chi connectivity index (χ4n) is 3.76. The molecule has 0 bridgehead atoms. The molecule has 1 saturated carbocycles. The molecule has 0 unspecified atom stereocenters. The Balaban J connectivity index is 1.33. The Morgan fingerprint density at radius 3 is 2.86 bits per heavy atom. The van der Waals surface area contributed by atoms with Crippen molar-refractivity contribution >= 4 is 17.5 Å². The molecule has 3 heterocycles. The van der Waals surface area contributed by atoms with Gasteiger partial charge in [0.05, 0.1) is 18.4 Å². The van der Waals surface area contributed by atoms with E-state index in [9.17, 15) is 18.8 Å². The summed E-state index contributed by atoms with van der Waals surface area (Å²) >= 11 is 0. The second-order valence-electron chi connectivity index (χ2n) is 7.38. The van der Waals surface area contributed by atoms with Crippen LogP contribution in [0.3, 0.4) is 0 Å². The number of carbonyl (C=O) groups is 1. The van der Waals surface area contributed by atoms with Crippen molar-refractivity contribution in [3.63, 3.8) is 0 Å². The molecular weight excluding hydrogens is 388 g/mol. The maximum Gasteiger partial charge on any atom is 0.508 e. The van der Waals surface area contributed by atoms with Crippen LogP contribution in [0.25, 0.3) is 5.52 Å². The van der Waals surface area contributed by atoms with Crippen LogP contribution in [0.15, 0.2) is 18.5 Å². The van der Waals surface area contributed by atoms with Crippen LogP contribution in [0.4, 0.5) is 19.4 Å². The van der Waals surface area contributed by atoms with Gasteiger partial charge in [-0.3, -0.25) is 0 Å². The summed E-state index contributed by atoms with van der Waals surface area (Å²) < 4.78 is 42.9. The first-order chi connectivity index (χ1) is 13.8. The first kappa shape index (κ1) is 19.3. The van der Waals surface area contributed by atoms with E-state index in [-0.39, 0.29) is 37.8 Å². The van der Waals surface area contributed by atoms with Crippen molar-refractivity contribution in [3.8, 4) is 6.07 Å². The van der Waals surface area contributed by atoms with Gasteiger partial charge in [0.1, 0.15) is 24.5 Å². The summed E-state index contributed by atoms with van der Waals surface area (Å²) in [7, 11) is 0. The van der Waals surface area contributed by atoms with Gasteiger partial charge in [0.2, 0.25) is 5.92 Å². The van der Waals surface area contributed by atoms with Crippen LogP contribution in [0.2, 0.25) is 0 Å². The summed E-state index contributed by atoms with van der Waals surface area (Å²) in [6, 6.07) is 5.60. The summed E-state index contributed by atoms with van der Waals surface area (Å²) in [4.78, 5) is 15.6. The average molecular weight is 407 g/mol. The highest BCUT2D eigenvalue weighted by atomic mass is 19.3. The number of ether oxygens (including phenoxy) is 3. The number of fused-ring (bicyclic) bond motifs is 1. The number of nitrogens with two attached hydrogens (primary N) is 1. The number of hydrogen-bond acceptors (Lipinski definition) is 8. The number of nitrogen functional groups attached to an aromatic ring is 1. The van der Waals surface area contributed by atoms with Gasteiger partial charge in [-0.2, -0.15) is 10.4 Å². The maximum atomic E-state index is 12.8. The minimum atomic E-state index is -2.66. The number of hydrogen-bond donors (Lipinski definition) is 1. The zero-order chi connectivity index (χ0) is 20.6. The van der Waals surface area contributed by atoms with E-state index >= 15 is 0 Å². The zero-order valence-electron chi connectivity index (χ0n) is 15.4. The molecule has 0 aromatic carbocycles. The van der Waals surface area contributed by atoms with Crippen LogP contribution in [0.1, 0.15) is 31.4 Å². The van der Waals surface area contributed by atoms with Crippen molar-refractivity contribution in [2.75, 3.05) is 18.9 Å². The average Bonchev–Trinajstić information content (AvgIpc) is 3.28. The van der Waals surface area contributed by atoms with E-state index in [4.69, 9.17) is 19.9 Å². The van der Waals surface area contributed by atoms with Crippen molar-refractivity contribution in [1.29, 1.82) is 5.26 Å². The van der Waals surface area contributed by atoms with Gasteiger partial charge in [0.15, 0.2) is 11.4 Å². The molecular formula is C18H19F2N5O4. The first-order valence-electron chi connectivity index (χ1n) is 9.17. The lowest BCUT2D eigenvalue weighted by Crippen LogP contribution is -2.38. The van der Waals surface area contributed by atoms with Gasteiger partial charge in [0.25, 0.3) is 0 Å². The Morgan fingerprint density at radius 1 is 1.38 bits per heavy atom. The molecule has 2 atom stereocenters. The molecule has 2 aromatic heterocycles. The Hall–Kier alpha value is -3.00. The molecule has 0 amide bonds. The number of alkyl halides is 2. The second kappa shape index (κ2) is 7.11. The fraction of sp³-hybridized carbons (Fsp3) is 0.556. The van der Waals surface area contributed by atoms with E-state index in [1.54, 1.807) is 12.1 Å². The molecule has 1 aliphatic heterocycles. The lowest BCUT2D eigenvalue weighted by atomic mass is 9.82. The smallest absolute Gasteiger partial charge is 0.434 e. The van der Waals surface area contributed by atoms with Crippen LogP contribution in [0, 0.1) is 17.2 Å². The topological polar surface area (TPSA) is 125 Å². The van der Waals surface area contributed by atoms with E-state index in [1.165, 1.54) is 10.8 Å². The summed E-state index contributed by atoms with van der Waals surface area (Å²) in [5.41, 5.74) is 5.64. The van der Waals surface area contributed by atoms with Crippen LogP contribution < -0.4 is 5.73 Å². The lowest BCUT2D eigenvalue weighted by Gasteiger charge is -2.34. The largest absolute Gasteiger partial charge is 0.508 e. The van der Waals surface area contributed by atoms with E-state index in [0.717, 1.165) is 0 Å². The number of nitriles is 1. The number of halogens is 2. The third kappa shape index (κ3) is 3.67. The van der Waals surface area contributed by atoms with Crippen LogP contribution in [0.5, 0.6) is 0 Å². The van der Waals surface area contributed by atoms with Gasteiger partial charge < -0.3 is 19.9 Å². The summed E-state index contributed by atoms with van der Waals surface area (Å²) in [6.45, 7) is -0.205. The molecule has 0 radical (unpaired) electrons. The van der Waals surface area contributed by atoms with Gasteiger partial charge in [-0.25, -0.2) is 23.1 Å². The molecule has 2 aromatic rings. The highest BCUT2D eigenvalue weighted by molar-refractivity contribution is 5.66. The van der Waals surface area contributed by atoms with Crippen LogP contribution in [-0.4, -0.2) is 46.0 Å². The predicted molar refractivity (Wildman–Crippen MR) is 93.8 cm³/mol. The molecule has 29 heavy (non-hydrogen) atoms. The fourth-order valence-corrected chi connectivity index (χ4v) is 3.76. The number of rotatable bonds is 5. The standard InChI is InChI=1S/C18H19F2N5O4/c19-18(20)5-11(6-18)7-27-16(26)28-8-12-3-4-17(9-21,29-12)14-2-1-13-15(22)23-10-24-25(13)14/h1-2,10-12H,3-8H2,(H2,22,23,24)/t12-,17-/m0/s1. The van der Waals surface area contributed by atoms with Crippen molar-refractivity contribution in [3.05, 3.63) is 24.2 Å². The quantitative estimate of drug-likeness (QED) is 0.749. The summed E-state index contributed by atoms with van der Waals surface area (Å²) in [5, 5.41) is 13.9. The number of anilines is 1. The minimum absolute atomic E-state index is 0.0979. The highest BCUT2D eigenvalue weighted by Crippen LogP contribution is 2.42. The molecule has 2 N–H and O–H groups in total. The molecule has 2 aliphatic rings. The van der Waals surface area contributed by atoms with E-state index in [0.29, 0.717) is 24.1 Å². The number of carbonyl (C=O) groups excluding carboxylic acids is 1. The Kier molecular flexibility index (Phi) is 4.74. The van der Waals surface area contributed by atoms with E-state index in [2.05, 4.69) is 16.2 Å². The van der Waals surface area contributed by atoms with Crippen molar-refractivity contribution in [1.82, 2.24) is 14.6 Å². The third-order valence-corrected chi connectivity index (χ3v) is 5.26. The van der Waals surface area contributed by atoms with E-state index < -0.39 is 23.8 Å². The molecule has 0 spiro atoms. The summed E-state index contributed by atoms with van der Waals surface area (Å²) in [6.07, 6.45) is 0.127. The molecule has 1 aliphatic carbocycles. The Bertz CT molecular complexity index is 967. The summed E-state index contributed by atoms with van der Waals surface area (Å²) in [5.74, 6) is -2.72. The number of nitrogens with zero attached hydrogens (tertiary/aromatic N) is 4. The van der Waals surface area contributed by atoms with Crippen LogP contribution in [-0.2, 0) is 19.8 Å². The van der Waals surface area contributed by atoms with Gasteiger partial charge in [0, 0.05) is 18.8 Å².